The average Bonchev–Trinajstić information content (AvgIpc) is 2.70. The van der Waals surface area contributed by atoms with Crippen molar-refractivity contribution < 1.29 is 4.52 Å². The number of aryl methyl sites for hydroxylation is 1. The van der Waals surface area contributed by atoms with Crippen LogP contribution in [0.5, 0.6) is 0 Å². The number of nitrogens with zero attached hydrogens (tertiary/aromatic N) is 2. The number of halogens is 2. The second-order valence-corrected chi connectivity index (χ2v) is 3.79. The molecule has 0 aliphatic heterocycles. The lowest BCUT2D eigenvalue weighted by Crippen LogP contribution is -1.82. The minimum Gasteiger partial charge on any atom is -0.334 e. The first-order valence-corrected chi connectivity index (χ1v) is 5.27. The van der Waals surface area contributed by atoms with Gasteiger partial charge in [-0.05, 0) is 24.6 Å². The van der Waals surface area contributed by atoms with E-state index >= 15 is 0 Å². The predicted octanol–water partition coefficient (Wildman–Crippen LogP) is 3.44. The van der Waals surface area contributed by atoms with Crippen LogP contribution in [0.4, 0.5) is 0 Å². The minimum absolute atomic E-state index is 0.239. The summed E-state index contributed by atoms with van der Waals surface area (Å²) in [5.74, 6) is 1.15. The van der Waals surface area contributed by atoms with Crippen LogP contribution in [0.15, 0.2) is 22.7 Å². The smallest absolute Gasteiger partial charge is 0.258 e. The second kappa shape index (κ2) is 4.21. The molecule has 1 heterocycles. The van der Waals surface area contributed by atoms with Crippen molar-refractivity contribution in [2.24, 2.45) is 0 Å². The summed E-state index contributed by atoms with van der Waals surface area (Å²) in [5.41, 5.74) is 1.81. The molecule has 0 atom stereocenters. The van der Waals surface area contributed by atoms with E-state index in [1.807, 2.05) is 19.1 Å². The largest absolute Gasteiger partial charge is 0.334 e. The Morgan fingerprint density at radius 3 is 2.80 bits per heavy atom. The van der Waals surface area contributed by atoms with Crippen molar-refractivity contribution in [2.45, 2.75) is 12.8 Å². The van der Waals surface area contributed by atoms with E-state index in [2.05, 4.69) is 10.1 Å². The minimum atomic E-state index is 0.239. The molecular weight excluding hydrogens is 235 g/mol. The summed E-state index contributed by atoms with van der Waals surface area (Å²) < 4.78 is 5.03. The Hall–Kier alpha value is -1.06. The van der Waals surface area contributed by atoms with Gasteiger partial charge in [0.05, 0.1) is 5.88 Å². The Bertz CT molecular complexity index is 482. The average molecular weight is 243 g/mol. The van der Waals surface area contributed by atoms with Gasteiger partial charge in [-0.2, -0.15) is 4.98 Å². The zero-order valence-corrected chi connectivity index (χ0v) is 9.51. The van der Waals surface area contributed by atoms with Crippen molar-refractivity contribution in [1.82, 2.24) is 10.1 Å². The van der Waals surface area contributed by atoms with Crippen molar-refractivity contribution in [3.8, 4) is 11.5 Å². The summed E-state index contributed by atoms with van der Waals surface area (Å²) in [7, 11) is 0. The first-order chi connectivity index (χ1) is 7.20. The van der Waals surface area contributed by atoms with E-state index in [-0.39, 0.29) is 5.88 Å². The van der Waals surface area contributed by atoms with E-state index in [1.165, 1.54) is 0 Å². The summed E-state index contributed by atoms with van der Waals surface area (Å²) in [4.78, 5) is 4.10. The fourth-order valence-electron chi connectivity index (χ4n) is 1.15. The lowest BCUT2D eigenvalue weighted by atomic mass is 10.1. The number of hydrogen-bond donors (Lipinski definition) is 0. The SMILES string of the molecule is Cc1ccc(-c2nc(CCl)no2)cc1Cl. The predicted molar refractivity (Wildman–Crippen MR) is 59.0 cm³/mol. The molecule has 2 rings (SSSR count). The highest BCUT2D eigenvalue weighted by Gasteiger charge is 2.08. The molecule has 0 radical (unpaired) electrons. The molecule has 0 aliphatic rings. The van der Waals surface area contributed by atoms with Gasteiger partial charge in [0, 0.05) is 10.6 Å². The van der Waals surface area contributed by atoms with Gasteiger partial charge >= 0.3 is 0 Å². The van der Waals surface area contributed by atoms with Gasteiger partial charge in [0.2, 0.25) is 0 Å². The van der Waals surface area contributed by atoms with Gasteiger partial charge in [0.1, 0.15) is 0 Å². The van der Waals surface area contributed by atoms with Crippen molar-refractivity contribution >= 4 is 23.2 Å². The Morgan fingerprint density at radius 2 is 2.20 bits per heavy atom. The number of aromatic nitrogens is 2. The fraction of sp³-hybridized carbons (Fsp3) is 0.200. The molecule has 0 saturated carbocycles. The lowest BCUT2D eigenvalue weighted by molar-refractivity contribution is 0.425. The van der Waals surface area contributed by atoms with Gasteiger partial charge in [-0.15, -0.1) is 11.6 Å². The third-order valence-electron chi connectivity index (χ3n) is 2.01. The first kappa shape index (κ1) is 10.5. The van der Waals surface area contributed by atoms with Gasteiger partial charge < -0.3 is 4.52 Å². The third-order valence-corrected chi connectivity index (χ3v) is 2.65. The Balaban J connectivity index is 2.40. The first-order valence-electron chi connectivity index (χ1n) is 4.36. The molecule has 0 unspecified atom stereocenters. The van der Waals surface area contributed by atoms with E-state index in [9.17, 15) is 0 Å². The standard InChI is InChI=1S/C10H8Cl2N2O/c1-6-2-3-7(4-8(6)12)10-13-9(5-11)14-15-10/h2-4H,5H2,1H3. The van der Waals surface area contributed by atoms with E-state index < -0.39 is 0 Å². The van der Waals surface area contributed by atoms with Gasteiger partial charge in [-0.25, -0.2) is 0 Å². The molecule has 0 amide bonds. The number of benzene rings is 1. The Kier molecular flexibility index (Phi) is 2.93. The van der Waals surface area contributed by atoms with Crippen molar-refractivity contribution in [3.05, 3.63) is 34.6 Å². The molecule has 3 nitrogen and oxygen atoms in total. The Morgan fingerprint density at radius 1 is 1.40 bits per heavy atom. The molecular formula is C10H8Cl2N2O. The van der Waals surface area contributed by atoms with Gasteiger partial charge in [0.25, 0.3) is 5.89 Å². The maximum Gasteiger partial charge on any atom is 0.258 e. The summed E-state index contributed by atoms with van der Waals surface area (Å²) in [6.45, 7) is 1.93. The monoisotopic (exact) mass is 242 g/mol. The van der Waals surface area contributed by atoms with Gasteiger partial charge in [-0.1, -0.05) is 22.8 Å². The highest BCUT2D eigenvalue weighted by atomic mass is 35.5. The summed E-state index contributed by atoms with van der Waals surface area (Å²) in [6, 6.07) is 5.58. The van der Waals surface area contributed by atoms with Gasteiger partial charge in [0.15, 0.2) is 5.82 Å². The molecule has 0 bridgehead atoms. The van der Waals surface area contributed by atoms with Crippen molar-refractivity contribution in [3.63, 3.8) is 0 Å². The molecule has 0 fully saturated rings. The number of hydrogen-bond acceptors (Lipinski definition) is 3. The highest BCUT2D eigenvalue weighted by molar-refractivity contribution is 6.31. The normalized spacial score (nSPS) is 10.6. The van der Waals surface area contributed by atoms with Crippen LogP contribution < -0.4 is 0 Å². The zero-order valence-electron chi connectivity index (χ0n) is 8.00. The summed E-state index contributed by atoms with van der Waals surface area (Å²) >= 11 is 11.6. The molecule has 5 heteroatoms. The van der Waals surface area contributed by atoms with Crippen LogP contribution in [0.25, 0.3) is 11.5 Å². The van der Waals surface area contributed by atoms with E-state index in [0.29, 0.717) is 16.7 Å². The van der Waals surface area contributed by atoms with Crippen molar-refractivity contribution in [1.29, 1.82) is 0 Å². The maximum atomic E-state index is 5.99. The fourth-order valence-corrected chi connectivity index (χ4v) is 1.44. The van der Waals surface area contributed by atoms with Crippen LogP contribution in [0.2, 0.25) is 5.02 Å². The Labute approximate surface area is 97.0 Å². The quantitative estimate of drug-likeness (QED) is 0.758. The van der Waals surface area contributed by atoms with E-state index in [1.54, 1.807) is 6.07 Å². The van der Waals surface area contributed by atoms with Crippen LogP contribution in [0, 0.1) is 6.92 Å². The maximum absolute atomic E-state index is 5.99. The number of alkyl halides is 1. The zero-order chi connectivity index (χ0) is 10.8. The summed E-state index contributed by atoms with van der Waals surface area (Å²) in [6.07, 6.45) is 0. The molecule has 1 aromatic carbocycles. The summed E-state index contributed by atoms with van der Waals surface area (Å²) in [5, 5.41) is 4.38. The van der Waals surface area contributed by atoms with Crippen molar-refractivity contribution in [2.75, 3.05) is 0 Å². The molecule has 0 saturated heterocycles. The molecule has 0 N–H and O–H groups in total. The third kappa shape index (κ3) is 2.13. The van der Waals surface area contributed by atoms with E-state index in [4.69, 9.17) is 27.7 Å². The molecule has 15 heavy (non-hydrogen) atoms. The molecule has 0 aliphatic carbocycles. The van der Waals surface area contributed by atoms with Crippen LogP contribution in [-0.2, 0) is 5.88 Å². The highest BCUT2D eigenvalue weighted by Crippen LogP contribution is 2.24. The van der Waals surface area contributed by atoms with Crippen LogP contribution >= 0.6 is 23.2 Å². The van der Waals surface area contributed by atoms with Crippen LogP contribution in [-0.4, -0.2) is 10.1 Å². The van der Waals surface area contributed by atoms with Crippen LogP contribution in [0.3, 0.4) is 0 Å². The topological polar surface area (TPSA) is 38.9 Å². The second-order valence-electron chi connectivity index (χ2n) is 3.11. The molecule has 2 aromatic rings. The van der Waals surface area contributed by atoms with Gasteiger partial charge in [-0.3, -0.25) is 0 Å². The van der Waals surface area contributed by atoms with E-state index in [0.717, 1.165) is 11.1 Å². The lowest BCUT2D eigenvalue weighted by Gasteiger charge is -1.98. The number of rotatable bonds is 2. The molecule has 0 spiro atoms. The van der Waals surface area contributed by atoms with Crippen LogP contribution in [0.1, 0.15) is 11.4 Å². The molecule has 78 valence electrons. The molecule has 1 aromatic heterocycles.